The Morgan fingerprint density at radius 2 is 2.08 bits per heavy atom. The molecule has 0 saturated heterocycles. The van der Waals surface area contributed by atoms with Crippen LogP contribution in [0.2, 0.25) is 0 Å². The summed E-state index contributed by atoms with van der Waals surface area (Å²) in [6.07, 6.45) is 0. The van der Waals surface area contributed by atoms with E-state index in [4.69, 9.17) is 4.74 Å². The van der Waals surface area contributed by atoms with Crippen molar-refractivity contribution in [2.45, 2.75) is 0 Å². The maximum atomic E-state index is 11.3. The summed E-state index contributed by atoms with van der Waals surface area (Å²) in [7, 11) is 1.59. The van der Waals surface area contributed by atoms with Crippen molar-refractivity contribution in [2.24, 2.45) is 0 Å². The third-order valence-corrected chi connectivity index (χ3v) is 1.64. The molecule has 0 aliphatic carbocycles. The Balaban J connectivity index is 2.74. The topological polar surface area (TPSA) is 38.3 Å². The van der Waals surface area contributed by atoms with E-state index in [0.29, 0.717) is 12.1 Å². The van der Waals surface area contributed by atoms with Crippen LogP contribution in [0.3, 0.4) is 0 Å². The van der Waals surface area contributed by atoms with Crippen LogP contribution < -0.4 is 10.1 Å². The molecule has 0 aromatic heterocycles. The summed E-state index contributed by atoms with van der Waals surface area (Å²) in [4.78, 5) is 11.3. The van der Waals surface area contributed by atoms with Gasteiger partial charge in [-0.3, -0.25) is 4.79 Å². The fourth-order valence-corrected chi connectivity index (χ4v) is 0.958. The van der Waals surface area contributed by atoms with Gasteiger partial charge in [0.2, 0.25) is 0 Å². The lowest BCUT2D eigenvalue weighted by molar-refractivity contribution is 0.0958. The number of nitrogens with one attached hydrogen (secondary N) is 1. The number of rotatable bonds is 3. The summed E-state index contributed by atoms with van der Waals surface area (Å²) in [5.41, 5.74) is 0.615. The molecule has 0 saturated carbocycles. The van der Waals surface area contributed by atoms with Gasteiger partial charge in [0.15, 0.2) is 0 Å². The number of hydrogen-bond donors (Lipinski definition) is 1. The lowest BCUT2D eigenvalue weighted by Crippen LogP contribution is -2.22. The first-order chi connectivity index (χ1) is 6.27. The van der Waals surface area contributed by atoms with Crippen molar-refractivity contribution in [3.05, 3.63) is 36.8 Å². The minimum absolute atomic E-state index is 0.113. The van der Waals surface area contributed by atoms with Crippen molar-refractivity contribution < 1.29 is 9.53 Å². The zero-order valence-corrected chi connectivity index (χ0v) is 7.54. The van der Waals surface area contributed by atoms with Crippen LogP contribution >= 0.6 is 0 Å². The summed E-state index contributed by atoms with van der Waals surface area (Å²) in [5, 5.41) is 2.61. The Morgan fingerprint density at radius 1 is 1.46 bits per heavy atom. The second-order valence-electron chi connectivity index (χ2n) is 2.48. The molecule has 0 fully saturated rings. The van der Waals surface area contributed by atoms with Gasteiger partial charge in [-0.15, -0.1) is 0 Å². The summed E-state index contributed by atoms with van der Waals surface area (Å²) in [6, 6.07) is 6.92. The third kappa shape index (κ3) is 2.47. The predicted octanol–water partition coefficient (Wildman–Crippen LogP) is 1.26. The van der Waals surface area contributed by atoms with Gasteiger partial charge in [0.25, 0.3) is 5.91 Å². The van der Waals surface area contributed by atoms with E-state index in [2.05, 4.69) is 12.2 Å². The molecule has 1 aromatic carbocycles. The molecule has 1 rings (SSSR count). The summed E-state index contributed by atoms with van der Waals surface area (Å²) < 4.78 is 4.96. The predicted molar refractivity (Wildman–Crippen MR) is 50.7 cm³/mol. The van der Waals surface area contributed by atoms with E-state index in [0.717, 1.165) is 5.75 Å². The molecule has 0 heterocycles. The standard InChI is InChI=1S/C10H12NO2/c1-3-11-10(12)8-4-6-9(13-2)7-5-8/h4-7H,1,3H2,2H3,(H,11,12). The first kappa shape index (κ1) is 9.58. The molecule has 0 spiro atoms. The number of carbonyl (C=O) groups is 1. The van der Waals surface area contributed by atoms with Crippen molar-refractivity contribution in [3.8, 4) is 5.75 Å². The van der Waals surface area contributed by atoms with Crippen LogP contribution in [-0.4, -0.2) is 19.6 Å². The molecule has 0 aliphatic heterocycles. The van der Waals surface area contributed by atoms with Crippen LogP contribution in [0.1, 0.15) is 10.4 Å². The van der Waals surface area contributed by atoms with Gasteiger partial charge >= 0.3 is 0 Å². The van der Waals surface area contributed by atoms with Crippen molar-refractivity contribution in [1.29, 1.82) is 0 Å². The number of benzene rings is 1. The molecule has 0 unspecified atom stereocenters. The van der Waals surface area contributed by atoms with Crippen molar-refractivity contribution >= 4 is 5.91 Å². The molecular formula is C10H12NO2. The third-order valence-electron chi connectivity index (χ3n) is 1.64. The second kappa shape index (κ2) is 4.50. The van der Waals surface area contributed by atoms with Crippen LogP contribution in [-0.2, 0) is 0 Å². The fraction of sp³-hybridized carbons (Fsp3) is 0.200. The molecule has 13 heavy (non-hydrogen) atoms. The fourth-order valence-electron chi connectivity index (χ4n) is 0.958. The zero-order valence-electron chi connectivity index (χ0n) is 7.54. The van der Waals surface area contributed by atoms with E-state index in [1.807, 2.05) is 0 Å². The van der Waals surface area contributed by atoms with E-state index in [1.54, 1.807) is 31.4 Å². The summed E-state index contributed by atoms with van der Waals surface area (Å²) in [6.45, 7) is 3.92. The molecule has 0 atom stereocenters. The minimum Gasteiger partial charge on any atom is -0.497 e. The van der Waals surface area contributed by atoms with E-state index in [9.17, 15) is 4.79 Å². The number of carbonyl (C=O) groups excluding carboxylic acids is 1. The van der Waals surface area contributed by atoms with Gasteiger partial charge < -0.3 is 10.1 Å². The molecule has 0 bridgehead atoms. The van der Waals surface area contributed by atoms with Crippen LogP contribution in [0, 0.1) is 6.92 Å². The molecule has 1 amide bonds. The summed E-state index contributed by atoms with van der Waals surface area (Å²) >= 11 is 0. The lowest BCUT2D eigenvalue weighted by Gasteiger charge is -2.02. The van der Waals surface area contributed by atoms with Gasteiger partial charge in [-0.25, -0.2) is 0 Å². The average molecular weight is 178 g/mol. The maximum absolute atomic E-state index is 11.3. The van der Waals surface area contributed by atoms with Gasteiger partial charge in [0, 0.05) is 12.1 Å². The van der Waals surface area contributed by atoms with Crippen molar-refractivity contribution in [2.75, 3.05) is 13.7 Å². The van der Waals surface area contributed by atoms with Crippen LogP contribution in [0.4, 0.5) is 0 Å². The lowest BCUT2D eigenvalue weighted by atomic mass is 10.2. The van der Waals surface area contributed by atoms with Gasteiger partial charge in [-0.2, -0.15) is 0 Å². The molecular weight excluding hydrogens is 166 g/mol. The van der Waals surface area contributed by atoms with E-state index >= 15 is 0 Å². The van der Waals surface area contributed by atoms with E-state index < -0.39 is 0 Å². The first-order valence-corrected chi connectivity index (χ1v) is 3.99. The number of hydrogen-bond acceptors (Lipinski definition) is 2. The highest BCUT2D eigenvalue weighted by molar-refractivity contribution is 5.94. The first-order valence-electron chi connectivity index (χ1n) is 3.99. The molecule has 1 N–H and O–H groups in total. The smallest absolute Gasteiger partial charge is 0.251 e. The van der Waals surface area contributed by atoms with E-state index in [1.165, 1.54) is 0 Å². The maximum Gasteiger partial charge on any atom is 0.251 e. The normalized spacial score (nSPS) is 9.38. The molecule has 1 radical (unpaired) electrons. The molecule has 3 nitrogen and oxygen atoms in total. The van der Waals surface area contributed by atoms with Crippen molar-refractivity contribution in [3.63, 3.8) is 0 Å². The van der Waals surface area contributed by atoms with Gasteiger partial charge in [-0.1, -0.05) is 0 Å². The van der Waals surface area contributed by atoms with Gasteiger partial charge in [0.05, 0.1) is 7.11 Å². The zero-order chi connectivity index (χ0) is 9.68. The second-order valence-corrected chi connectivity index (χ2v) is 2.48. The largest absolute Gasteiger partial charge is 0.497 e. The van der Waals surface area contributed by atoms with Crippen LogP contribution in [0.15, 0.2) is 24.3 Å². The van der Waals surface area contributed by atoms with Crippen molar-refractivity contribution in [1.82, 2.24) is 5.32 Å². The Kier molecular flexibility index (Phi) is 3.31. The Bertz CT molecular complexity index is 279. The Morgan fingerprint density at radius 3 is 2.54 bits per heavy atom. The Labute approximate surface area is 77.7 Å². The monoisotopic (exact) mass is 178 g/mol. The van der Waals surface area contributed by atoms with E-state index in [-0.39, 0.29) is 5.91 Å². The average Bonchev–Trinajstić information content (AvgIpc) is 2.18. The molecule has 69 valence electrons. The highest BCUT2D eigenvalue weighted by atomic mass is 16.5. The highest BCUT2D eigenvalue weighted by Crippen LogP contribution is 2.10. The van der Waals surface area contributed by atoms with Crippen LogP contribution in [0.5, 0.6) is 5.75 Å². The number of methoxy groups -OCH3 is 1. The van der Waals surface area contributed by atoms with Gasteiger partial charge in [-0.05, 0) is 31.2 Å². The number of ether oxygens (including phenoxy) is 1. The summed E-state index contributed by atoms with van der Waals surface area (Å²) in [5.74, 6) is 0.629. The van der Waals surface area contributed by atoms with Gasteiger partial charge in [0.1, 0.15) is 5.75 Å². The Hall–Kier alpha value is -1.51. The quantitative estimate of drug-likeness (QED) is 0.756. The molecule has 1 aromatic rings. The van der Waals surface area contributed by atoms with Crippen LogP contribution in [0.25, 0.3) is 0 Å². The highest BCUT2D eigenvalue weighted by Gasteiger charge is 2.02. The molecule has 0 aliphatic rings. The SMILES string of the molecule is [CH2]CNC(=O)c1ccc(OC)cc1. The minimum atomic E-state index is -0.113. The molecule has 3 heteroatoms. The number of amides is 1.